The second-order valence-corrected chi connectivity index (χ2v) is 11.9. The summed E-state index contributed by atoms with van der Waals surface area (Å²) in [5, 5.41) is 0. The Morgan fingerprint density at radius 2 is 1.40 bits per heavy atom. The standard InChI is InChI=1S/C29H36N4O4.C3H8/c1-29(2,3)37-28(36)32-12-11-22-17-23(9-10-24(22)18-32)27(35)33-19-25(20-33)30-13-15-31(16-14-30)26(34)21-7-5-4-6-8-21;1-3-2/h4-10,17,25H,11-16,18-20H2,1-3H3;3H2,1-2H3. The Labute approximate surface area is 238 Å². The first-order chi connectivity index (χ1) is 19.1. The van der Waals surface area contributed by atoms with Crippen LogP contribution in [0.25, 0.3) is 0 Å². The van der Waals surface area contributed by atoms with E-state index >= 15 is 0 Å². The van der Waals surface area contributed by atoms with Crippen molar-refractivity contribution in [3.8, 4) is 0 Å². The normalized spacial score (nSPS) is 17.8. The number of nitrogens with zero attached hydrogens (tertiary/aromatic N) is 4. The molecule has 0 saturated carbocycles. The molecule has 0 atom stereocenters. The highest BCUT2D eigenvalue weighted by atomic mass is 16.6. The number of amides is 3. The fourth-order valence-electron chi connectivity index (χ4n) is 5.26. The Morgan fingerprint density at radius 3 is 2.02 bits per heavy atom. The summed E-state index contributed by atoms with van der Waals surface area (Å²) in [6.07, 6.45) is 1.67. The van der Waals surface area contributed by atoms with Gasteiger partial charge in [-0.3, -0.25) is 14.5 Å². The van der Waals surface area contributed by atoms with Gasteiger partial charge in [-0.15, -0.1) is 0 Å². The van der Waals surface area contributed by atoms with E-state index in [1.807, 2.05) is 79.1 Å². The Bertz CT molecular complexity index is 1180. The van der Waals surface area contributed by atoms with Crippen LogP contribution in [0.1, 0.15) is 72.9 Å². The lowest BCUT2D eigenvalue weighted by Gasteiger charge is -2.48. The number of hydrogen-bond donors (Lipinski definition) is 0. The number of rotatable bonds is 3. The lowest BCUT2D eigenvalue weighted by molar-refractivity contribution is 0.00844. The molecule has 2 aromatic rings. The maximum atomic E-state index is 13.1. The summed E-state index contributed by atoms with van der Waals surface area (Å²) >= 11 is 0. The van der Waals surface area contributed by atoms with E-state index in [2.05, 4.69) is 18.7 Å². The molecule has 0 unspecified atom stereocenters. The molecule has 2 saturated heterocycles. The number of piperazine rings is 1. The smallest absolute Gasteiger partial charge is 0.410 e. The van der Waals surface area contributed by atoms with Crippen molar-refractivity contribution in [1.29, 1.82) is 0 Å². The zero-order valence-corrected chi connectivity index (χ0v) is 24.7. The number of carbonyl (C=O) groups excluding carboxylic acids is 3. The molecule has 0 spiro atoms. The monoisotopic (exact) mass is 548 g/mol. The molecule has 3 heterocycles. The molecule has 2 fully saturated rings. The molecule has 3 aliphatic rings. The minimum atomic E-state index is -0.518. The minimum absolute atomic E-state index is 0.0616. The Hall–Kier alpha value is -3.39. The highest BCUT2D eigenvalue weighted by Gasteiger charge is 2.37. The number of ether oxygens (including phenoxy) is 1. The third kappa shape index (κ3) is 7.22. The van der Waals surface area contributed by atoms with Crippen LogP contribution >= 0.6 is 0 Å². The van der Waals surface area contributed by atoms with Crippen LogP contribution in [0, 0.1) is 0 Å². The van der Waals surface area contributed by atoms with Crippen LogP contribution in [0.3, 0.4) is 0 Å². The average Bonchev–Trinajstić information content (AvgIpc) is 2.91. The van der Waals surface area contributed by atoms with Crippen LogP contribution < -0.4 is 0 Å². The topological polar surface area (TPSA) is 73.4 Å². The molecule has 40 heavy (non-hydrogen) atoms. The van der Waals surface area contributed by atoms with Crippen molar-refractivity contribution < 1.29 is 19.1 Å². The van der Waals surface area contributed by atoms with Crippen LogP contribution in [0.5, 0.6) is 0 Å². The van der Waals surface area contributed by atoms with Crippen LogP contribution in [0.4, 0.5) is 4.79 Å². The summed E-state index contributed by atoms with van der Waals surface area (Å²) in [5.74, 6) is 0.152. The van der Waals surface area contributed by atoms with Gasteiger partial charge in [0.15, 0.2) is 0 Å². The van der Waals surface area contributed by atoms with E-state index in [1.165, 1.54) is 6.42 Å². The Kier molecular flexibility index (Phi) is 9.51. The van der Waals surface area contributed by atoms with Crippen molar-refractivity contribution in [2.45, 2.75) is 65.6 Å². The predicted octanol–water partition coefficient (Wildman–Crippen LogP) is 4.68. The van der Waals surface area contributed by atoms with Gasteiger partial charge in [0, 0.05) is 69.5 Å². The lowest BCUT2D eigenvalue weighted by Crippen LogP contribution is -2.64. The third-order valence-electron chi connectivity index (χ3n) is 7.41. The van der Waals surface area contributed by atoms with Gasteiger partial charge in [0.1, 0.15) is 5.60 Å². The highest BCUT2D eigenvalue weighted by molar-refractivity contribution is 5.95. The minimum Gasteiger partial charge on any atom is -0.444 e. The highest BCUT2D eigenvalue weighted by Crippen LogP contribution is 2.25. The molecule has 216 valence electrons. The number of carbonyl (C=O) groups is 3. The summed E-state index contributed by atoms with van der Waals surface area (Å²) in [5.41, 5.74) is 3.12. The molecule has 8 heteroatoms. The van der Waals surface area contributed by atoms with E-state index in [4.69, 9.17) is 4.74 Å². The zero-order valence-electron chi connectivity index (χ0n) is 24.7. The number of hydrogen-bond acceptors (Lipinski definition) is 5. The van der Waals surface area contributed by atoms with Gasteiger partial charge in [-0.2, -0.15) is 0 Å². The number of likely N-dealkylation sites (tertiary alicyclic amines) is 1. The van der Waals surface area contributed by atoms with Crippen molar-refractivity contribution in [2.75, 3.05) is 45.8 Å². The molecular formula is C32H44N4O4. The van der Waals surface area contributed by atoms with Gasteiger partial charge < -0.3 is 19.4 Å². The van der Waals surface area contributed by atoms with Crippen molar-refractivity contribution in [3.63, 3.8) is 0 Å². The molecule has 0 radical (unpaired) electrons. The SMILES string of the molecule is CC(C)(C)OC(=O)N1CCc2cc(C(=O)N3CC(N4CCN(C(=O)c5ccccc5)CC4)C3)ccc2C1.CCC. The summed E-state index contributed by atoms with van der Waals surface area (Å²) in [6.45, 7) is 15.5. The molecule has 0 aliphatic carbocycles. The maximum Gasteiger partial charge on any atom is 0.410 e. The van der Waals surface area contributed by atoms with E-state index in [0.717, 1.165) is 42.9 Å². The van der Waals surface area contributed by atoms with Crippen LogP contribution in [-0.2, 0) is 17.7 Å². The van der Waals surface area contributed by atoms with E-state index in [-0.39, 0.29) is 17.9 Å². The fourth-order valence-corrected chi connectivity index (χ4v) is 5.26. The quantitative estimate of drug-likeness (QED) is 0.557. The van der Waals surface area contributed by atoms with Gasteiger partial charge >= 0.3 is 6.09 Å². The largest absolute Gasteiger partial charge is 0.444 e. The molecule has 0 aromatic heterocycles. The molecule has 0 bridgehead atoms. The van der Waals surface area contributed by atoms with Gasteiger partial charge in [-0.05, 0) is 62.6 Å². The van der Waals surface area contributed by atoms with E-state index in [0.29, 0.717) is 44.2 Å². The van der Waals surface area contributed by atoms with Crippen LogP contribution in [-0.4, -0.2) is 95.0 Å². The number of benzene rings is 2. The van der Waals surface area contributed by atoms with Crippen molar-refractivity contribution in [3.05, 3.63) is 70.8 Å². The van der Waals surface area contributed by atoms with Crippen molar-refractivity contribution in [1.82, 2.24) is 19.6 Å². The predicted molar refractivity (Wildman–Crippen MR) is 156 cm³/mol. The van der Waals surface area contributed by atoms with Gasteiger partial charge in [-0.25, -0.2) is 4.79 Å². The second-order valence-electron chi connectivity index (χ2n) is 11.9. The van der Waals surface area contributed by atoms with E-state index in [9.17, 15) is 14.4 Å². The first-order valence-corrected chi connectivity index (χ1v) is 14.6. The summed E-state index contributed by atoms with van der Waals surface area (Å²) in [7, 11) is 0. The molecule has 3 amide bonds. The molecule has 8 nitrogen and oxygen atoms in total. The van der Waals surface area contributed by atoms with Gasteiger partial charge in [0.2, 0.25) is 0 Å². The average molecular weight is 549 g/mol. The van der Waals surface area contributed by atoms with Gasteiger partial charge in [0.05, 0.1) is 0 Å². The first kappa shape index (κ1) is 29.6. The summed E-state index contributed by atoms with van der Waals surface area (Å²) in [6, 6.07) is 15.6. The molecule has 0 N–H and O–H groups in total. The Morgan fingerprint density at radius 1 is 0.775 bits per heavy atom. The zero-order chi connectivity index (χ0) is 28.9. The molecular weight excluding hydrogens is 504 g/mol. The molecule has 3 aliphatic heterocycles. The second kappa shape index (κ2) is 12.9. The van der Waals surface area contributed by atoms with Gasteiger partial charge in [-0.1, -0.05) is 44.5 Å². The van der Waals surface area contributed by atoms with E-state index in [1.54, 1.807) is 4.90 Å². The molecule has 5 rings (SSSR count). The van der Waals surface area contributed by atoms with Crippen LogP contribution in [0.2, 0.25) is 0 Å². The summed E-state index contributed by atoms with van der Waals surface area (Å²) in [4.78, 5) is 46.2. The van der Waals surface area contributed by atoms with E-state index < -0.39 is 5.60 Å². The number of fused-ring (bicyclic) bond motifs is 1. The third-order valence-corrected chi connectivity index (χ3v) is 7.41. The first-order valence-electron chi connectivity index (χ1n) is 14.6. The van der Waals surface area contributed by atoms with Crippen molar-refractivity contribution in [2.24, 2.45) is 0 Å². The molecule has 2 aromatic carbocycles. The fraction of sp³-hybridized carbons (Fsp3) is 0.531. The van der Waals surface area contributed by atoms with Gasteiger partial charge in [0.25, 0.3) is 11.8 Å². The van der Waals surface area contributed by atoms with Crippen molar-refractivity contribution >= 4 is 17.9 Å². The van der Waals surface area contributed by atoms with Crippen LogP contribution in [0.15, 0.2) is 48.5 Å². The summed E-state index contributed by atoms with van der Waals surface area (Å²) < 4.78 is 5.51. The lowest BCUT2D eigenvalue weighted by atomic mass is 9.96. The Balaban J connectivity index is 0.00000118. The maximum absolute atomic E-state index is 13.1.